The van der Waals surface area contributed by atoms with Gasteiger partial charge in [0.2, 0.25) is 11.8 Å². The molecule has 0 atom stereocenters. The van der Waals surface area contributed by atoms with Crippen molar-refractivity contribution >= 4 is 77.9 Å². The molecule has 6 nitrogen and oxygen atoms in total. The summed E-state index contributed by atoms with van der Waals surface area (Å²) in [6, 6.07) is 77.2. The zero-order valence-electron chi connectivity index (χ0n) is 36.9. The second-order valence-corrected chi connectivity index (χ2v) is 17.8. The van der Waals surface area contributed by atoms with Crippen molar-refractivity contribution in [3.8, 4) is 34.0 Å². The third-order valence-electron chi connectivity index (χ3n) is 13.5. The summed E-state index contributed by atoms with van der Waals surface area (Å²) in [6.45, 7) is 4.72. The van der Waals surface area contributed by atoms with Gasteiger partial charge in [0.15, 0.2) is 11.2 Å². The van der Waals surface area contributed by atoms with Gasteiger partial charge in [-0.1, -0.05) is 135 Å². The molecule has 0 radical (unpaired) electrons. The fourth-order valence-corrected chi connectivity index (χ4v) is 10.2. The minimum Gasteiger partial charge on any atom is -0.436 e. The van der Waals surface area contributed by atoms with Gasteiger partial charge in [0.25, 0.3) is 0 Å². The minimum atomic E-state index is -0.342. The highest BCUT2D eigenvalue weighted by atomic mass is 16.4. The quantitative estimate of drug-likeness (QED) is 0.152. The Morgan fingerprint density at radius 2 is 0.776 bits per heavy atom. The van der Waals surface area contributed by atoms with Crippen molar-refractivity contribution in [2.24, 2.45) is 0 Å². The van der Waals surface area contributed by atoms with E-state index in [9.17, 15) is 0 Å². The number of oxazole rings is 2. The van der Waals surface area contributed by atoms with Crippen molar-refractivity contribution in [1.82, 2.24) is 9.97 Å². The molecule has 2 aromatic heterocycles. The number of fused-ring (bicyclic) bond motifs is 7. The molecule has 10 aromatic carbocycles. The van der Waals surface area contributed by atoms with E-state index in [-0.39, 0.29) is 5.41 Å². The predicted octanol–water partition coefficient (Wildman–Crippen LogP) is 16.9. The van der Waals surface area contributed by atoms with Gasteiger partial charge in [0, 0.05) is 50.1 Å². The van der Waals surface area contributed by atoms with E-state index in [1.165, 1.54) is 43.8 Å². The molecule has 0 saturated heterocycles. The zero-order valence-corrected chi connectivity index (χ0v) is 36.9. The van der Waals surface area contributed by atoms with Crippen molar-refractivity contribution in [3.05, 3.63) is 230 Å². The Morgan fingerprint density at radius 1 is 0.373 bits per heavy atom. The Labute approximate surface area is 387 Å². The van der Waals surface area contributed by atoms with Crippen LogP contribution in [0.4, 0.5) is 34.1 Å². The van der Waals surface area contributed by atoms with Crippen molar-refractivity contribution in [1.29, 1.82) is 0 Å². The number of aromatic nitrogens is 2. The van der Waals surface area contributed by atoms with Crippen LogP contribution in [0.25, 0.3) is 77.8 Å². The van der Waals surface area contributed by atoms with E-state index in [4.69, 9.17) is 18.8 Å². The summed E-state index contributed by atoms with van der Waals surface area (Å²) in [5, 5.41) is 4.69. The fourth-order valence-electron chi connectivity index (χ4n) is 10.2. The molecule has 0 spiro atoms. The normalized spacial score (nSPS) is 12.7. The lowest BCUT2D eigenvalue weighted by Gasteiger charge is -2.30. The van der Waals surface area contributed by atoms with E-state index < -0.39 is 0 Å². The first-order chi connectivity index (χ1) is 32.9. The van der Waals surface area contributed by atoms with Gasteiger partial charge in [-0.25, -0.2) is 9.97 Å². The van der Waals surface area contributed by atoms with Crippen LogP contribution >= 0.6 is 0 Å². The molecule has 0 unspecified atom stereocenters. The third kappa shape index (κ3) is 6.40. The van der Waals surface area contributed by atoms with E-state index in [0.717, 1.165) is 67.5 Å². The summed E-state index contributed by atoms with van der Waals surface area (Å²) in [7, 11) is 0. The van der Waals surface area contributed by atoms with Crippen LogP contribution in [0.3, 0.4) is 0 Å². The van der Waals surface area contributed by atoms with E-state index in [2.05, 4.69) is 194 Å². The molecule has 0 amide bonds. The molecule has 1 aliphatic rings. The van der Waals surface area contributed by atoms with Crippen molar-refractivity contribution in [2.45, 2.75) is 19.3 Å². The summed E-state index contributed by atoms with van der Waals surface area (Å²) < 4.78 is 12.6. The number of para-hydroxylation sites is 4. The molecular weight excluding hydrogens is 821 g/mol. The molecule has 1 aliphatic carbocycles. The summed E-state index contributed by atoms with van der Waals surface area (Å²) in [5.41, 5.74) is 16.1. The van der Waals surface area contributed by atoms with Gasteiger partial charge >= 0.3 is 0 Å². The lowest BCUT2D eigenvalue weighted by Crippen LogP contribution is -2.18. The smallest absolute Gasteiger partial charge is 0.227 e. The highest BCUT2D eigenvalue weighted by molar-refractivity contribution is 6.01. The molecule has 0 aliphatic heterocycles. The van der Waals surface area contributed by atoms with Crippen LogP contribution in [0.5, 0.6) is 0 Å². The van der Waals surface area contributed by atoms with Gasteiger partial charge in [-0.2, -0.15) is 0 Å². The first kappa shape index (κ1) is 38.7. The molecule has 13 rings (SSSR count). The number of rotatable bonds is 8. The molecule has 12 aromatic rings. The fraction of sp³-hybridized carbons (Fsp3) is 0.0492. The van der Waals surface area contributed by atoms with Gasteiger partial charge in [0.1, 0.15) is 11.0 Å². The van der Waals surface area contributed by atoms with Crippen LogP contribution in [0, 0.1) is 0 Å². The lowest BCUT2D eigenvalue weighted by molar-refractivity contribution is 0.619. The van der Waals surface area contributed by atoms with Crippen LogP contribution < -0.4 is 9.80 Å². The molecule has 0 bridgehead atoms. The molecule has 0 fully saturated rings. The topological polar surface area (TPSA) is 58.5 Å². The average molecular weight is 863 g/mol. The molecule has 318 valence electrons. The van der Waals surface area contributed by atoms with Crippen LogP contribution in [-0.2, 0) is 5.41 Å². The van der Waals surface area contributed by atoms with Gasteiger partial charge < -0.3 is 18.6 Å². The lowest BCUT2D eigenvalue weighted by atomic mass is 9.82. The standard InChI is InChI=1S/C61H42N4O2/c1-61(2)51-37-45(64(55-27-13-17-39-15-3-5-23-47(39)55)43-21-11-19-41(35-43)59-62-53-25-7-9-29-57(53)66-59)31-33-49(51)50-34-32-46(38-52(50)61)65(56-28-14-18-40-16-4-6-24-48(40)56)44-22-12-20-42(36-44)60-63-54-26-8-10-30-58(54)67-60/h3-38H,1-2H3. The Hall–Kier alpha value is -8.74. The van der Waals surface area contributed by atoms with Crippen LogP contribution in [0.2, 0.25) is 0 Å². The van der Waals surface area contributed by atoms with E-state index in [0.29, 0.717) is 11.8 Å². The van der Waals surface area contributed by atoms with E-state index in [1.54, 1.807) is 0 Å². The van der Waals surface area contributed by atoms with Gasteiger partial charge in [-0.3, -0.25) is 0 Å². The Morgan fingerprint density at radius 3 is 1.25 bits per heavy atom. The maximum Gasteiger partial charge on any atom is 0.227 e. The SMILES string of the molecule is CC1(C)c2cc(N(c3cccc(-c4nc5ccccc5o4)c3)c3cccc4ccccc34)ccc2-c2ccc(N(c3cccc(-c4nc5ccccc5o4)c3)c3cccc4ccccc34)cc21. The number of hydrogen-bond donors (Lipinski definition) is 0. The summed E-state index contributed by atoms with van der Waals surface area (Å²) in [4.78, 5) is 14.5. The number of benzene rings is 10. The zero-order chi connectivity index (χ0) is 44.6. The molecule has 2 heterocycles. The van der Waals surface area contributed by atoms with Crippen LogP contribution in [0.15, 0.2) is 227 Å². The second kappa shape index (κ2) is 15.2. The van der Waals surface area contributed by atoms with Gasteiger partial charge in [-0.05, 0) is 130 Å². The van der Waals surface area contributed by atoms with Gasteiger partial charge in [0.05, 0.1) is 11.4 Å². The van der Waals surface area contributed by atoms with Crippen molar-refractivity contribution < 1.29 is 8.83 Å². The van der Waals surface area contributed by atoms with Crippen LogP contribution in [0.1, 0.15) is 25.0 Å². The molecular formula is C61H42N4O2. The van der Waals surface area contributed by atoms with Crippen molar-refractivity contribution in [2.75, 3.05) is 9.80 Å². The predicted molar refractivity (Wildman–Crippen MR) is 274 cm³/mol. The maximum absolute atomic E-state index is 6.30. The number of nitrogens with zero attached hydrogens (tertiary/aromatic N) is 4. The second-order valence-electron chi connectivity index (χ2n) is 17.8. The Bertz CT molecular complexity index is 3570. The average Bonchev–Trinajstić information content (AvgIpc) is 4.08. The molecule has 67 heavy (non-hydrogen) atoms. The monoisotopic (exact) mass is 862 g/mol. The summed E-state index contributed by atoms with van der Waals surface area (Å²) in [6.07, 6.45) is 0. The first-order valence-corrected chi connectivity index (χ1v) is 22.7. The van der Waals surface area contributed by atoms with Crippen molar-refractivity contribution in [3.63, 3.8) is 0 Å². The number of anilines is 6. The maximum atomic E-state index is 6.30. The molecule has 6 heteroatoms. The number of hydrogen-bond acceptors (Lipinski definition) is 6. The molecule has 0 saturated carbocycles. The Balaban J connectivity index is 0.943. The largest absolute Gasteiger partial charge is 0.436 e. The van der Waals surface area contributed by atoms with E-state index in [1.807, 2.05) is 48.5 Å². The van der Waals surface area contributed by atoms with E-state index >= 15 is 0 Å². The summed E-state index contributed by atoms with van der Waals surface area (Å²) in [5.74, 6) is 1.19. The Kier molecular flexibility index (Phi) is 8.77. The summed E-state index contributed by atoms with van der Waals surface area (Å²) >= 11 is 0. The molecule has 0 N–H and O–H groups in total. The third-order valence-corrected chi connectivity index (χ3v) is 13.5. The van der Waals surface area contributed by atoms with Gasteiger partial charge in [-0.15, -0.1) is 0 Å². The highest BCUT2D eigenvalue weighted by Crippen LogP contribution is 2.53. The minimum absolute atomic E-state index is 0.342. The first-order valence-electron chi connectivity index (χ1n) is 22.7. The highest BCUT2D eigenvalue weighted by Gasteiger charge is 2.37. The van der Waals surface area contributed by atoms with Crippen LogP contribution in [-0.4, -0.2) is 9.97 Å².